The highest BCUT2D eigenvalue weighted by Crippen LogP contribution is 2.32. The van der Waals surface area contributed by atoms with Crippen molar-refractivity contribution in [1.29, 1.82) is 0 Å². The van der Waals surface area contributed by atoms with Gasteiger partial charge in [-0.05, 0) is 30.3 Å². The summed E-state index contributed by atoms with van der Waals surface area (Å²) in [6.45, 7) is -0.380. The summed E-state index contributed by atoms with van der Waals surface area (Å²) in [5.41, 5.74) is 0.188. The van der Waals surface area contributed by atoms with E-state index in [4.69, 9.17) is 23.7 Å². The van der Waals surface area contributed by atoms with E-state index in [1.807, 2.05) is 18.2 Å². The Labute approximate surface area is 173 Å². The summed E-state index contributed by atoms with van der Waals surface area (Å²) in [6, 6.07) is 13.6. The van der Waals surface area contributed by atoms with Crippen LogP contribution in [0.1, 0.15) is 10.4 Å². The first-order valence-corrected chi connectivity index (χ1v) is 9.25. The van der Waals surface area contributed by atoms with E-state index >= 15 is 0 Å². The lowest BCUT2D eigenvalue weighted by Gasteiger charge is -2.39. The van der Waals surface area contributed by atoms with Gasteiger partial charge in [-0.1, -0.05) is 18.2 Å². The smallest absolute Gasteiger partial charge is 0.338 e. The number of esters is 1. The van der Waals surface area contributed by atoms with Crippen LogP contribution in [0.15, 0.2) is 48.5 Å². The summed E-state index contributed by atoms with van der Waals surface area (Å²) in [6.07, 6.45) is -6.48. The molecule has 5 atom stereocenters. The third kappa shape index (κ3) is 4.89. The van der Waals surface area contributed by atoms with Crippen LogP contribution in [0.2, 0.25) is 0 Å². The molecule has 9 heteroatoms. The van der Waals surface area contributed by atoms with E-state index in [1.165, 1.54) is 26.4 Å². The molecule has 0 bridgehead atoms. The zero-order valence-corrected chi connectivity index (χ0v) is 16.5. The number of methoxy groups -OCH3 is 2. The number of rotatable bonds is 7. The Balaban J connectivity index is 1.64. The molecule has 1 aliphatic rings. The standard InChI is InChI=1S/C21H24O9/c1-26-15-10-12(8-9-14(15)29-13-6-4-3-5-7-13)20(24)28-11-16-17(22)18(23)19(27-2)21(25)30-16/h3-10,16-19,21-23,25H,11H2,1-2H3/t16-,17-,18+,19-,21-/m1/s1. The summed E-state index contributed by atoms with van der Waals surface area (Å²) < 4.78 is 26.3. The number of carbonyl (C=O) groups excluding carboxylic acids is 1. The maximum absolute atomic E-state index is 12.4. The second kappa shape index (κ2) is 9.88. The second-order valence-corrected chi connectivity index (χ2v) is 6.63. The van der Waals surface area contributed by atoms with Gasteiger partial charge in [-0.15, -0.1) is 0 Å². The second-order valence-electron chi connectivity index (χ2n) is 6.63. The number of benzene rings is 2. The summed E-state index contributed by atoms with van der Waals surface area (Å²) in [5.74, 6) is 0.661. The molecule has 0 aromatic heterocycles. The van der Waals surface area contributed by atoms with E-state index in [2.05, 4.69) is 0 Å². The highest BCUT2D eigenvalue weighted by Gasteiger charge is 2.44. The fraction of sp³-hybridized carbons (Fsp3) is 0.381. The van der Waals surface area contributed by atoms with Gasteiger partial charge in [-0.25, -0.2) is 4.79 Å². The highest BCUT2D eigenvalue weighted by molar-refractivity contribution is 5.90. The highest BCUT2D eigenvalue weighted by atomic mass is 16.7. The van der Waals surface area contributed by atoms with Crippen LogP contribution in [0.5, 0.6) is 17.2 Å². The zero-order valence-electron chi connectivity index (χ0n) is 16.5. The number of ether oxygens (including phenoxy) is 5. The minimum Gasteiger partial charge on any atom is -0.493 e. The predicted octanol–water partition coefficient (Wildman–Crippen LogP) is 1.10. The van der Waals surface area contributed by atoms with E-state index in [0.717, 1.165) is 0 Å². The Kier molecular flexibility index (Phi) is 7.24. The van der Waals surface area contributed by atoms with Gasteiger partial charge in [0.2, 0.25) is 0 Å². The molecule has 1 saturated heterocycles. The topological polar surface area (TPSA) is 124 Å². The van der Waals surface area contributed by atoms with Crippen molar-refractivity contribution in [3.05, 3.63) is 54.1 Å². The molecule has 0 radical (unpaired) electrons. The van der Waals surface area contributed by atoms with E-state index in [0.29, 0.717) is 17.2 Å². The molecule has 30 heavy (non-hydrogen) atoms. The van der Waals surface area contributed by atoms with Gasteiger partial charge in [0, 0.05) is 7.11 Å². The maximum atomic E-state index is 12.4. The Morgan fingerprint density at radius 3 is 2.40 bits per heavy atom. The number of aliphatic hydroxyl groups is 3. The molecule has 0 aliphatic carbocycles. The molecule has 3 N–H and O–H groups in total. The third-order valence-electron chi connectivity index (χ3n) is 4.68. The van der Waals surface area contributed by atoms with Gasteiger partial charge in [0.25, 0.3) is 0 Å². The lowest BCUT2D eigenvalue weighted by atomic mass is 9.99. The lowest BCUT2D eigenvalue weighted by molar-refractivity contribution is -0.291. The van der Waals surface area contributed by atoms with E-state index < -0.39 is 36.7 Å². The van der Waals surface area contributed by atoms with Gasteiger partial charge in [0.15, 0.2) is 17.8 Å². The molecule has 3 rings (SSSR count). The molecule has 9 nitrogen and oxygen atoms in total. The van der Waals surface area contributed by atoms with Crippen LogP contribution < -0.4 is 9.47 Å². The van der Waals surface area contributed by atoms with Gasteiger partial charge >= 0.3 is 5.97 Å². The number of para-hydroxylation sites is 1. The predicted molar refractivity (Wildman–Crippen MR) is 103 cm³/mol. The van der Waals surface area contributed by atoms with E-state index in [1.54, 1.807) is 18.2 Å². The third-order valence-corrected chi connectivity index (χ3v) is 4.68. The van der Waals surface area contributed by atoms with E-state index in [-0.39, 0.29) is 12.2 Å². The fourth-order valence-electron chi connectivity index (χ4n) is 3.05. The van der Waals surface area contributed by atoms with Gasteiger partial charge < -0.3 is 39.0 Å². The van der Waals surface area contributed by atoms with Crippen molar-refractivity contribution in [3.63, 3.8) is 0 Å². The maximum Gasteiger partial charge on any atom is 0.338 e. The first kappa shape index (κ1) is 22.0. The number of aliphatic hydroxyl groups excluding tert-OH is 3. The van der Waals surface area contributed by atoms with Crippen LogP contribution in [-0.4, -0.2) is 72.8 Å². The van der Waals surface area contributed by atoms with Crippen molar-refractivity contribution in [2.75, 3.05) is 20.8 Å². The molecule has 1 heterocycles. The van der Waals surface area contributed by atoms with Gasteiger partial charge in [0.05, 0.1) is 12.7 Å². The molecular weight excluding hydrogens is 396 g/mol. The van der Waals surface area contributed by atoms with Crippen molar-refractivity contribution in [3.8, 4) is 17.2 Å². The molecule has 162 valence electrons. The summed E-state index contributed by atoms with van der Waals surface area (Å²) in [5, 5.41) is 29.9. The van der Waals surface area contributed by atoms with Crippen LogP contribution >= 0.6 is 0 Å². The number of hydrogen-bond donors (Lipinski definition) is 3. The van der Waals surface area contributed by atoms with Crippen LogP contribution in [0.25, 0.3) is 0 Å². The average molecular weight is 420 g/mol. The Morgan fingerprint density at radius 2 is 1.73 bits per heavy atom. The zero-order chi connectivity index (χ0) is 21.7. The molecular formula is C21H24O9. The first-order chi connectivity index (χ1) is 14.4. The monoisotopic (exact) mass is 420 g/mol. The molecule has 0 amide bonds. The fourth-order valence-corrected chi connectivity index (χ4v) is 3.05. The van der Waals surface area contributed by atoms with E-state index in [9.17, 15) is 20.1 Å². The summed E-state index contributed by atoms with van der Waals surface area (Å²) in [4.78, 5) is 12.4. The van der Waals surface area contributed by atoms with Crippen LogP contribution in [0.3, 0.4) is 0 Å². The van der Waals surface area contributed by atoms with Crippen LogP contribution in [0, 0.1) is 0 Å². The number of carbonyl (C=O) groups is 1. The van der Waals surface area contributed by atoms with Crippen LogP contribution in [-0.2, 0) is 14.2 Å². The summed E-state index contributed by atoms with van der Waals surface area (Å²) in [7, 11) is 2.72. The Bertz CT molecular complexity index is 842. The first-order valence-electron chi connectivity index (χ1n) is 9.25. The SMILES string of the molecule is COc1cc(C(=O)OC[C@H]2O[C@@H](O)[C@H](OC)[C@@H](O)[C@@H]2O)ccc1Oc1ccccc1. The Morgan fingerprint density at radius 1 is 1.00 bits per heavy atom. The normalized spacial score (nSPS) is 26.1. The van der Waals surface area contributed by atoms with Crippen molar-refractivity contribution in [1.82, 2.24) is 0 Å². The number of hydrogen-bond acceptors (Lipinski definition) is 9. The quantitative estimate of drug-likeness (QED) is 0.565. The van der Waals surface area contributed by atoms with Gasteiger partial charge in [-0.3, -0.25) is 0 Å². The van der Waals surface area contributed by atoms with Crippen molar-refractivity contribution >= 4 is 5.97 Å². The van der Waals surface area contributed by atoms with Crippen molar-refractivity contribution in [2.45, 2.75) is 30.7 Å². The van der Waals surface area contributed by atoms with Crippen LogP contribution in [0.4, 0.5) is 0 Å². The lowest BCUT2D eigenvalue weighted by Crippen LogP contribution is -2.59. The molecule has 2 aromatic carbocycles. The molecule has 0 spiro atoms. The molecule has 0 unspecified atom stereocenters. The molecule has 1 fully saturated rings. The largest absolute Gasteiger partial charge is 0.493 e. The summed E-state index contributed by atoms with van der Waals surface area (Å²) >= 11 is 0. The molecule has 1 aliphatic heterocycles. The minimum atomic E-state index is -1.47. The van der Waals surface area contributed by atoms with Gasteiger partial charge in [-0.2, -0.15) is 0 Å². The molecule has 0 saturated carbocycles. The van der Waals surface area contributed by atoms with Crippen molar-refractivity contribution < 1.29 is 43.8 Å². The minimum absolute atomic E-state index is 0.188. The van der Waals surface area contributed by atoms with Gasteiger partial charge in [0.1, 0.15) is 36.8 Å². The molecule has 2 aromatic rings. The average Bonchev–Trinajstić information content (AvgIpc) is 2.76. The van der Waals surface area contributed by atoms with Crippen molar-refractivity contribution in [2.24, 2.45) is 0 Å². The Hall–Kier alpha value is -2.69.